The lowest BCUT2D eigenvalue weighted by molar-refractivity contribution is 0.102. The van der Waals surface area contributed by atoms with Gasteiger partial charge in [0.05, 0.1) is 24.1 Å². The highest BCUT2D eigenvalue weighted by Crippen LogP contribution is 2.34. The number of benzene rings is 1. The summed E-state index contributed by atoms with van der Waals surface area (Å²) >= 11 is 1.61. The molecule has 0 radical (unpaired) electrons. The first-order chi connectivity index (χ1) is 17.1. The van der Waals surface area contributed by atoms with Crippen LogP contribution < -0.4 is 10.1 Å². The molecule has 5 rings (SSSR count). The molecule has 1 N–H and O–H groups in total. The van der Waals surface area contributed by atoms with Crippen LogP contribution in [0.2, 0.25) is 0 Å². The fourth-order valence-corrected chi connectivity index (χ4v) is 5.56. The van der Waals surface area contributed by atoms with Gasteiger partial charge in [-0.1, -0.05) is 19.3 Å². The zero-order valence-electron chi connectivity index (χ0n) is 20.0. The second-order valence-corrected chi connectivity index (χ2v) is 9.79. The minimum absolute atomic E-state index is 0.206. The van der Waals surface area contributed by atoms with E-state index in [1.165, 1.54) is 32.1 Å². The van der Waals surface area contributed by atoms with Crippen LogP contribution in [0.5, 0.6) is 5.75 Å². The summed E-state index contributed by atoms with van der Waals surface area (Å²) < 4.78 is 7.56. The number of methoxy groups -OCH3 is 1. The molecule has 1 aromatic carbocycles. The third-order valence-electron chi connectivity index (χ3n) is 6.67. The van der Waals surface area contributed by atoms with Crippen molar-refractivity contribution in [2.45, 2.75) is 45.6 Å². The van der Waals surface area contributed by atoms with Gasteiger partial charge in [0, 0.05) is 35.6 Å². The van der Waals surface area contributed by atoms with Crippen molar-refractivity contribution < 1.29 is 9.53 Å². The molecule has 7 nitrogen and oxygen atoms in total. The van der Waals surface area contributed by atoms with E-state index in [1.807, 2.05) is 37.3 Å². The Balaban J connectivity index is 1.49. The molecular weight excluding hydrogens is 458 g/mol. The van der Waals surface area contributed by atoms with Crippen molar-refractivity contribution in [2.24, 2.45) is 5.92 Å². The van der Waals surface area contributed by atoms with Crippen LogP contribution in [0.25, 0.3) is 22.0 Å². The van der Waals surface area contributed by atoms with E-state index in [0.717, 1.165) is 39.9 Å². The van der Waals surface area contributed by atoms with Gasteiger partial charge in [-0.15, -0.1) is 11.3 Å². The van der Waals surface area contributed by atoms with Crippen LogP contribution in [-0.4, -0.2) is 32.5 Å². The predicted octanol–water partition coefficient (Wildman–Crippen LogP) is 6.22. The van der Waals surface area contributed by atoms with Gasteiger partial charge in [0.25, 0.3) is 5.91 Å². The fraction of sp³-hybridized carbons (Fsp3) is 0.333. The van der Waals surface area contributed by atoms with Gasteiger partial charge in [-0.05, 0) is 62.1 Å². The molecule has 0 spiro atoms. The fourth-order valence-electron chi connectivity index (χ4n) is 4.74. The van der Waals surface area contributed by atoms with Crippen molar-refractivity contribution in [3.8, 4) is 27.7 Å². The zero-order valence-corrected chi connectivity index (χ0v) is 20.8. The van der Waals surface area contributed by atoms with Gasteiger partial charge < -0.3 is 9.30 Å². The Hall–Kier alpha value is -3.52. The first-order valence-corrected chi connectivity index (χ1v) is 12.9. The molecule has 4 aromatic rings. The number of ether oxygens (including phenoxy) is 1. The molecule has 1 aliphatic rings. The predicted molar refractivity (Wildman–Crippen MR) is 139 cm³/mol. The Labute approximate surface area is 209 Å². The van der Waals surface area contributed by atoms with Crippen LogP contribution >= 0.6 is 11.3 Å². The van der Waals surface area contributed by atoms with Crippen LogP contribution in [0, 0.1) is 12.8 Å². The maximum Gasteiger partial charge on any atom is 0.259 e. The Morgan fingerprint density at radius 2 is 1.89 bits per heavy atom. The van der Waals surface area contributed by atoms with Gasteiger partial charge >= 0.3 is 0 Å². The summed E-state index contributed by atoms with van der Waals surface area (Å²) in [5.74, 6) is 1.53. The maximum absolute atomic E-state index is 13.2. The standard InChI is InChI=1S/C27H29N5O2S/c1-18-22(25(33)31-27-28-13-6-14-29-27)15-24(32(18)16-19-7-4-3-5-8-19)23-17-35-26(30-23)20-9-11-21(34-2)12-10-20/h6,9-15,17,19H,3-5,7-8,16H2,1-2H3,(H,28,29,31,33). The molecule has 3 heterocycles. The lowest BCUT2D eigenvalue weighted by Gasteiger charge is -2.24. The Morgan fingerprint density at radius 3 is 2.60 bits per heavy atom. The number of hydrogen-bond acceptors (Lipinski definition) is 6. The van der Waals surface area contributed by atoms with Crippen molar-refractivity contribution >= 4 is 23.2 Å². The molecule has 35 heavy (non-hydrogen) atoms. The van der Waals surface area contributed by atoms with E-state index in [4.69, 9.17) is 9.72 Å². The normalized spacial score (nSPS) is 14.1. The smallest absolute Gasteiger partial charge is 0.259 e. The highest BCUT2D eigenvalue weighted by Gasteiger charge is 2.23. The minimum atomic E-state index is -0.206. The maximum atomic E-state index is 13.2. The number of thiazole rings is 1. The number of nitrogens with one attached hydrogen (secondary N) is 1. The van der Waals surface area contributed by atoms with Crippen molar-refractivity contribution in [1.29, 1.82) is 0 Å². The van der Waals surface area contributed by atoms with E-state index in [1.54, 1.807) is 36.9 Å². The van der Waals surface area contributed by atoms with Crippen molar-refractivity contribution in [1.82, 2.24) is 19.5 Å². The Morgan fingerprint density at radius 1 is 1.14 bits per heavy atom. The van der Waals surface area contributed by atoms with Crippen LogP contribution in [-0.2, 0) is 6.54 Å². The average molecular weight is 488 g/mol. The summed E-state index contributed by atoms with van der Waals surface area (Å²) in [6.45, 7) is 2.91. The van der Waals surface area contributed by atoms with E-state index >= 15 is 0 Å². The molecule has 3 aromatic heterocycles. The minimum Gasteiger partial charge on any atom is -0.497 e. The van der Waals surface area contributed by atoms with E-state index < -0.39 is 0 Å². The third kappa shape index (κ3) is 5.12. The summed E-state index contributed by atoms with van der Waals surface area (Å²) in [6, 6.07) is 11.6. The number of aromatic nitrogens is 4. The van der Waals surface area contributed by atoms with E-state index in [9.17, 15) is 4.79 Å². The van der Waals surface area contributed by atoms with Gasteiger partial charge in [-0.25, -0.2) is 15.0 Å². The lowest BCUT2D eigenvalue weighted by atomic mass is 9.89. The lowest BCUT2D eigenvalue weighted by Crippen LogP contribution is -2.18. The third-order valence-corrected chi connectivity index (χ3v) is 7.56. The number of carbonyl (C=O) groups is 1. The SMILES string of the molecule is COc1ccc(-c2nc(-c3cc(C(=O)Nc4ncccn4)c(C)n3CC3CCCCC3)cs2)cc1. The molecule has 0 bridgehead atoms. The number of hydrogen-bond donors (Lipinski definition) is 1. The van der Waals surface area contributed by atoms with Gasteiger partial charge in [0.1, 0.15) is 10.8 Å². The highest BCUT2D eigenvalue weighted by atomic mass is 32.1. The first-order valence-electron chi connectivity index (χ1n) is 12.0. The number of anilines is 1. The molecule has 1 saturated carbocycles. The molecular formula is C27H29N5O2S. The number of amides is 1. The summed E-state index contributed by atoms with van der Waals surface area (Å²) in [4.78, 5) is 26.4. The van der Waals surface area contributed by atoms with Crippen LogP contribution in [0.15, 0.2) is 54.2 Å². The first kappa shape index (κ1) is 23.2. The summed E-state index contributed by atoms with van der Waals surface area (Å²) in [7, 11) is 1.66. The van der Waals surface area contributed by atoms with Gasteiger partial charge in [-0.2, -0.15) is 0 Å². The molecule has 0 saturated heterocycles. The molecule has 0 unspecified atom stereocenters. The summed E-state index contributed by atoms with van der Waals surface area (Å²) in [5.41, 5.74) is 4.47. The van der Waals surface area contributed by atoms with E-state index in [-0.39, 0.29) is 5.91 Å². The molecule has 1 fully saturated rings. The van der Waals surface area contributed by atoms with Crippen molar-refractivity contribution in [3.05, 3.63) is 65.4 Å². The molecule has 0 aliphatic heterocycles. The van der Waals surface area contributed by atoms with Crippen molar-refractivity contribution in [2.75, 3.05) is 12.4 Å². The molecule has 8 heteroatoms. The van der Waals surface area contributed by atoms with E-state index in [2.05, 4.69) is 25.2 Å². The van der Waals surface area contributed by atoms with Gasteiger partial charge in [-0.3, -0.25) is 10.1 Å². The molecule has 1 amide bonds. The molecule has 0 atom stereocenters. The highest BCUT2D eigenvalue weighted by molar-refractivity contribution is 7.13. The number of nitrogens with zero attached hydrogens (tertiary/aromatic N) is 4. The van der Waals surface area contributed by atoms with Gasteiger partial charge in [0.15, 0.2) is 0 Å². The topological polar surface area (TPSA) is 81.9 Å². The summed E-state index contributed by atoms with van der Waals surface area (Å²) in [5, 5.41) is 5.85. The molecule has 180 valence electrons. The second-order valence-electron chi connectivity index (χ2n) is 8.94. The second kappa shape index (κ2) is 10.4. The Kier molecular flexibility index (Phi) is 6.90. The number of rotatable bonds is 7. The zero-order chi connectivity index (χ0) is 24.2. The molecule has 1 aliphatic carbocycles. The van der Waals surface area contributed by atoms with Crippen LogP contribution in [0.1, 0.15) is 48.2 Å². The average Bonchev–Trinajstić information content (AvgIpc) is 3.51. The largest absolute Gasteiger partial charge is 0.497 e. The van der Waals surface area contributed by atoms with Crippen molar-refractivity contribution in [3.63, 3.8) is 0 Å². The van der Waals surface area contributed by atoms with Crippen LogP contribution in [0.3, 0.4) is 0 Å². The monoisotopic (exact) mass is 487 g/mol. The van der Waals surface area contributed by atoms with Gasteiger partial charge in [0.2, 0.25) is 5.95 Å². The Bertz CT molecular complexity index is 1290. The van der Waals surface area contributed by atoms with Crippen LogP contribution in [0.4, 0.5) is 5.95 Å². The summed E-state index contributed by atoms with van der Waals surface area (Å²) in [6.07, 6.45) is 9.55. The van der Waals surface area contributed by atoms with E-state index in [0.29, 0.717) is 17.4 Å². The number of carbonyl (C=O) groups excluding carboxylic acids is 1. The quantitative estimate of drug-likeness (QED) is 0.335.